The molecule has 63 heavy (non-hydrogen) atoms. The number of hydrogen-bond donors (Lipinski definition) is 7. The topological polar surface area (TPSA) is 228 Å². The van der Waals surface area contributed by atoms with Gasteiger partial charge in [-0.2, -0.15) is 0 Å². The number of piperidine rings is 1. The molecule has 5 aliphatic heterocycles. The highest BCUT2D eigenvalue weighted by Gasteiger charge is 2.78. The highest BCUT2D eigenvalue weighted by atomic mass is 16.5. The van der Waals surface area contributed by atoms with Gasteiger partial charge in [-0.15, -0.1) is 0 Å². The van der Waals surface area contributed by atoms with Crippen LogP contribution in [0.15, 0.2) is 48.6 Å². The molecule has 1 unspecified atom stereocenters. The van der Waals surface area contributed by atoms with Crippen molar-refractivity contribution in [2.24, 2.45) is 28.7 Å². The number of para-hydroxylation sites is 1. The minimum Gasteiger partial charge on any atom is -0.496 e. The Balaban J connectivity index is 0.000000622. The molecule has 15 heteroatoms. The number of rotatable bonds is 8. The van der Waals surface area contributed by atoms with Crippen LogP contribution < -0.4 is 21.1 Å². The van der Waals surface area contributed by atoms with Crippen molar-refractivity contribution in [1.29, 1.82) is 0 Å². The van der Waals surface area contributed by atoms with Crippen LogP contribution in [0.2, 0.25) is 0 Å². The zero-order valence-corrected chi connectivity index (χ0v) is 37.7. The number of hydrogen-bond acceptors (Lipinski definition) is 12. The second kappa shape index (κ2) is 15.9. The number of carboxylic acid groups (broad SMARTS) is 1. The van der Waals surface area contributed by atoms with Crippen LogP contribution in [0.1, 0.15) is 82.2 Å². The third-order valence-corrected chi connectivity index (χ3v) is 16.2. The molecule has 2 aromatic carbocycles. The van der Waals surface area contributed by atoms with Gasteiger partial charge in [0.1, 0.15) is 23.3 Å². The molecule has 1 saturated carbocycles. The Bertz CT molecular complexity index is 2330. The van der Waals surface area contributed by atoms with Crippen molar-refractivity contribution in [3.8, 4) is 5.75 Å². The zero-order chi connectivity index (χ0) is 45.6. The van der Waals surface area contributed by atoms with Crippen LogP contribution in [0, 0.1) is 17.3 Å². The summed E-state index contributed by atoms with van der Waals surface area (Å²) in [7, 11) is 4.89. The van der Waals surface area contributed by atoms with Crippen LogP contribution in [-0.4, -0.2) is 142 Å². The van der Waals surface area contributed by atoms with Crippen molar-refractivity contribution >= 4 is 34.4 Å². The molecule has 0 radical (unpaired) electrons. The lowest BCUT2D eigenvalue weighted by molar-refractivity contribution is -0.201. The Labute approximate surface area is 369 Å². The van der Waals surface area contributed by atoms with E-state index in [9.17, 15) is 24.9 Å². The summed E-state index contributed by atoms with van der Waals surface area (Å²) in [6.45, 7) is 10.9. The molecular formula is C48H66N6O9. The number of H-pyrrole nitrogens is 1. The standard InChI is InChI=1S/C43H55N5O7.C5H11NO2/c1-6-39(52)21-25-22-42(38(51)55-5,33-27(13-17-47(23-25)24-39)26-11-8-9-12-30(26)45-33)29-19-28-31(20-32(29)54-4)46(3)35-41(28)15-18-48-16-10-14-40(7-2,34(41)48)36(49)43(35,53)37(44)50;1-3(2)4(6)5(7)8/h8-12,14,19-20,25,34-36,45,49,52-53H,6-7,13,15-18,21-24H2,1-5H3,(H2,44,50);3-4H,6H2,1-2H3,(H,7,8)/t25-,34+,35-,36-,39+,40-,41-,42+,43+;4-/m10/s1. The predicted molar refractivity (Wildman–Crippen MR) is 239 cm³/mol. The molecule has 3 aromatic rings. The number of carbonyl (C=O) groups excluding carboxylic acids is 2. The number of carboxylic acids is 1. The first kappa shape index (κ1) is 45.1. The van der Waals surface area contributed by atoms with E-state index >= 15 is 4.79 Å². The Morgan fingerprint density at radius 2 is 1.75 bits per heavy atom. The smallest absolute Gasteiger partial charge is 0.322 e. The number of primary amides is 1. The molecule has 15 nitrogen and oxygen atoms in total. The Kier molecular flexibility index (Phi) is 11.4. The van der Waals surface area contributed by atoms with Crippen molar-refractivity contribution in [1.82, 2.24) is 14.8 Å². The van der Waals surface area contributed by atoms with Crippen molar-refractivity contribution in [3.63, 3.8) is 0 Å². The minimum atomic E-state index is -2.30. The fraction of sp³-hybridized carbons (Fsp3) is 0.604. The first-order valence-electron chi connectivity index (χ1n) is 22.5. The summed E-state index contributed by atoms with van der Waals surface area (Å²) >= 11 is 0. The maximum absolute atomic E-state index is 15.2. The van der Waals surface area contributed by atoms with Gasteiger partial charge >= 0.3 is 11.9 Å². The third kappa shape index (κ3) is 6.31. The molecule has 6 heterocycles. The van der Waals surface area contributed by atoms with Crippen LogP contribution >= 0.6 is 0 Å². The number of nitrogens with zero attached hydrogens (tertiary/aromatic N) is 3. The number of nitrogens with two attached hydrogens (primary N) is 2. The number of methoxy groups -OCH3 is 2. The summed E-state index contributed by atoms with van der Waals surface area (Å²) in [5.41, 5.74) is 9.88. The average molecular weight is 871 g/mol. The fourth-order valence-electron chi connectivity index (χ4n) is 13.3. The zero-order valence-electron chi connectivity index (χ0n) is 37.7. The minimum absolute atomic E-state index is 0.0208. The lowest BCUT2D eigenvalue weighted by atomic mass is 9.47. The second-order valence-corrected chi connectivity index (χ2v) is 19.6. The molecule has 1 aliphatic carbocycles. The van der Waals surface area contributed by atoms with E-state index in [1.807, 2.05) is 62.2 Å². The highest BCUT2D eigenvalue weighted by molar-refractivity contribution is 5.95. The van der Waals surface area contributed by atoms with E-state index in [-0.39, 0.29) is 17.9 Å². The van der Waals surface area contributed by atoms with Gasteiger partial charge in [0.05, 0.1) is 25.9 Å². The molecule has 9 rings (SSSR count). The Morgan fingerprint density at radius 3 is 2.37 bits per heavy atom. The van der Waals surface area contributed by atoms with Crippen molar-refractivity contribution < 1.29 is 44.3 Å². The van der Waals surface area contributed by atoms with E-state index in [1.165, 1.54) is 7.11 Å². The normalized spacial score (nSPS) is 35.8. The van der Waals surface area contributed by atoms with Crippen molar-refractivity contribution in [2.45, 2.75) is 112 Å². The summed E-state index contributed by atoms with van der Waals surface area (Å²) < 4.78 is 12.2. The van der Waals surface area contributed by atoms with Crippen LogP contribution in [0.4, 0.5) is 5.69 Å². The van der Waals surface area contributed by atoms with E-state index in [2.05, 4.69) is 26.9 Å². The van der Waals surface area contributed by atoms with E-state index < -0.39 is 63.5 Å². The number of fused-ring (bicyclic) bond motifs is 6. The maximum Gasteiger partial charge on any atom is 0.322 e. The van der Waals surface area contributed by atoms with Gasteiger partial charge < -0.3 is 51.3 Å². The summed E-state index contributed by atoms with van der Waals surface area (Å²) in [5.74, 6) is -1.91. The van der Waals surface area contributed by atoms with Crippen molar-refractivity contribution in [3.05, 3.63) is 70.9 Å². The van der Waals surface area contributed by atoms with Crippen LogP contribution in [0.3, 0.4) is 0 Å². The number of amides is 1. The number of anilines is 1. The van der Waals surface area contributed by atoms with Gasteiger partial charge in [-0.25, -0.2) is 0 Å². The summed E-state index contributed by atoms with van der Waals surface area (Å²) in [6.07, 6.45) is 5.78. The number of ether oxygens (including phenoxy) is 2. The number of aromatic amines is 1. The van der Waals surface area contributed by atoms with E-state index in [0.29, 0.717) is 69.5 Å². The average Bonchev–Trinajstić information content (AvgIpc) is 3.93. The number of carbonyl (C=O) groups is 3. The Hall–Kier alpha value is -4.51. The van der Waals surface area contributed by atoms with Crippen LogP contribution in [-0.2, 0) is 36.4 Å². The first-order valence-corrected chi connectivity index (χ1v) is 22.5. The van der Waals surface area contributed by atoms with E-state index in [1.54, 1.807) is 21.0 Å². The molecule has 9 N–H and O–H groups in total. The first-order chi connectivity index (χ1) is 29.8. The monoisotopic (exact) mass is 870 g/mol. The third-order valence-electron chi connectivity index (χ3n) is 16.2. The molecule has 2 bridgehead atoms. The molecular weight excluding hydrogens is 805 g/mol. The van der Waals surface area contributed by atoms with Gasteiger partial charge in [0.15, 0.2) is 5.60 Å². The molecule has 1 spiro atoms. The molecule has 11 atom stereocenters. The fourth-order valence-corrected chi connectivity index (χ4v) is 13.3. The van der Waals surface area contributed by atoms with Crippen LogP contribution in [0.5, 0.6) is 5.75 Å². The van der Waals surface area contributed by atoms with E-state index in [0.717, 1.165) is 46.5 Å². The number of esters is 1. The second-order valence-electron chi connectivity index (χ2n) is 19.6. The predicted octanol–water partition coefficient (Wildman–Crippen LogP) is 2.79. The quantitative estimate of drug-likeness (QED) is 0.128. The number of benzene rings is 2. The Morgan fingerprint density at radius 1 is 1.02 bits per heavy atom. The van der Waals surface area contributed by atoms with Crippen LogP contribution in [0.25, 0.3) is 10.9 Å². The van der Waals surface area contributed by atoms with Gasteiger partial charge in [-0.1, -0.05) is 58.0 Å². The number of aliphatic hydroxyl groups excluding tert-OH is 1. The lowest BCUT2D eigenvalue weighted by Gasteiger charge is -2.63. The molecule has 6 aliphatic rings. The molecule has 2 saturated heterocycles. The molecule has 342 valence electrons. The number of aliphatic carboxylic acids is 1. The van der Waals surface area contributed by atoms with Gasteiger partial charge in [0, 0.05) is 84.0 Å². The molecule has 1 amide bonds. The van der Waals surface area contributed by atoms with Gasteiger partial charge in [0.2, 0.25) is 0 Å². The number of likely N-dealkylation sites (N-methyl/N-ethyl adjacent to an activating group) is 1. The van der Waals surface area contributed by atoms with Crippen molar-refractivity contribution in [2.75, 3.05) is 58.9 Å². The summed E-state index contributed by atoms with van der Waals surface area (Å²) in [6, 6.07) is 10.3. The number of nitrogens with one attached hydrogen (secondary N) is 1. The van der Waals surface area contributed by atoms with E-state index in [4.69, 9.17) is 26.0 Å². The largest absolute Gasteiger partial charge is 0.496 e. The SMILES string of the molecule is CC(C)[C@H](N)C(=O)O.CC[C@]1(O)C[C@H]2CN(CCc3c([nH]c4ccccc34)[C@@](C(=O)OC)(c3cc4c(cc3OC)N(C)[C@H]3[C@@](O)(C(N)=O)[C@H](O)[C@]5(CC)C=CCN6CC[C@]43[C@@H]65)C2)C1. The molecule has 3 fully saturated rings. The number of aromatic nitrogens is 1. The van der Waals surface area contributed by atoms with Gasteiger partial charge in [0.25, 0.3) is 5.91 Å². The lowest BCUT2D eigenvalue weighted by Crippen LogP contribution is -2.81. The van der Waals surface area contributed by atoms with Gasteiger partial charge in [-0.3, -0.25) is 24.2 Å². The summed E-state index contributed by atoms with van der Waals surface area (Å²) in [5, 5.41) is 46.2. The summed E-state index contributed by atoms with van der Waals surface area (Å²) in [4.78, 5) is 49.3. The number of aliphatic hydroxyl groups is 3. The maximum atomic E-state index is 15.2. The highest BCUT2D eigenvalue weighted by Crippen LogP contribution is 2.67. The van der Waals surface area contributed by atoms with Gasteiger partial charge in [-0.05, 0) is 80.2 Å². The molecule has 1 aromatic heterocycles.